The number of hydrogen-bond acceptors (Lipinski definition) is 3. The van der Waals surface area contributed by atoms with E-state index >= 15 is 0 Å². The number of amides is 2. The highest BCUT2D eigenvalue weighted by molar-refractivity contribution is 6.23. The summed E-state index contributed by atoms with van der Waals surface area (Å²) in [7, 11) is 1.63. The Labute approximate surface area is 163 Å². The molecule has 2 N–H and O–H groups in total. The van der Waals surface area contributed by atoms with Gasteiger partial charge in [0.25, 0.3) is 0 Å². The van der Waals surface area contributed by atoms with Gasteiger partial charge < -0.3 is 20.1 Å². The van der Waals surface area contributed by atoms with Crippen LogP contribution in [0.3, 0.4) is 0 Å². The number of hydrogen-bond donors (Lipinski definition) is 2. The van der Waals surface area contributed by atoms with Gasteiger partial charge in [0.1, 0.15) is 0 Å². The van der Waals surface area contributed by atoms with Crippen molar-refractivity contribution in [3.05, 3.63) is 60.2 Å². The van der Waals surface area contributed by atoms with Crippen molar-refractivity contribution >= 4 is 38.3 Å². The van der Waals surface area contributed by atoms with E-state index in [1.807, 2.05) is 0 Å². The average molecular weight is 376 g/mol. The Kier molecular flexibility index (Phi) is 5.55. The molecule has 0 aromatic heterocycles. The van der Waals surface area contributed by atoms with Crippen LogP contribution in [-0.2, 0) is 16.0 Å². The number of rotatable bonds is 8. The molecular formula is C23H24N2O3. The first-order valence-corrected chi connectivity index (χ1v) is 9.52. The predicted octanol–water partition coefficient (Wildman–Crippen LogP) is 4.05. The Morgan fingerprint density at radius 3 is 2.32 bits per heavy atom. The summed E-state index contributed by atoms with van der Waals surface area (Å²) in [5, 5.41) is 13.2. The fourth-order valence-corrected chi connectivity index (χ4v) is 3.67. The summed E-state index contributed by atoms with van der Waals surface area (Å²) < 4.78 is 10.3. The molecule has 4 aromatic rings. The molecule has 0 saturated carbocycles. The maximum absolute atomic E-state index is 12.1. The molecule has 2 amide bonds. The van der Waals surface area contributed by atoms with E-state index in [0.29, 0.717) is 32.9 Å². The molecule has 144 valence electrons. The zero-order valence-corrected chi connectivity index (χ0v) is 16.0. The smallest absolute Gasteiger partial charge is 0.315 e. The second-order valence-electron chi connectivity index (χ2n) is 6.80. The van der Waals surface area contributed by atoms with Gasteiger partial charge in [-0.2, -0.15) is 0 Å². The first kappa shape index (κ1) is 18.5. The van der Waals surface area contributed by atoms with Crippen molar-refractivity contribution in [3.8, 4) is 0 Å². The molecule has 4 aromatic carbocycles. The minimum absolute atomic E-state index is 0.193. The van der Waals surface area contributed by atoms with Gasteiger partial charge in [0.15, 0.2) is 0 Å². The highest BCUT2D eigenvalue weighted by atomic mass is 16.5. The van der Waals surface area contributed by atoms with Crippen LogP contribution in [0.15, 0.2) is 54.6 Å². The average Bonchev–Trinajstić information content (AvgIpc) is 2.73. The largest absolute Gasteiger partial charge is 0.382 e. The number of nitrogens with one attached hydrogen (secondary N) is 2. The Morgan fingerprint density at radius 1 is 0.821 bits per heavy atom. The first-order valence-electron chi connectivity index (χ1n) is 9.52. The van der Waals surface area contributed by atoms with Gasteiger partial charge in [-0.1, -0.05) is 54.6 Å². The third kappa shape index (κ3) is 3.72. The molecule has 28 heavy (non-hydrogen) atoms. The van der Waals surface area contributed by atoms with Gasteiger partial charge in [0.2, 0.25) is 0 Å². The summed E-state index contributed by atoms with van der Waals surface area (Å²) in [6.07, 6.45) is 0. The van der Waals surface area contributed by atoms with Gasteiger partial charge in [-0.25, -0.2) is 4.79 Å². The van der Waals surface area contributed by atoms with E-state index in [1.165, 1.54) is 32.3 Å². The topological polar surface area (TPSA) is 59.6 Å². The Morgan fingerprint density at radius 2 is 1.54 bits per heavy atom. The number of carbonyl (C=O) groups is 1. The lowest BCUT2D eigenvalue weighted by Gasteiger charge is -2.14. The molecule has 0 aliphatic rings. The fourth-order valence-electron chi connectivity index (χ4n) is 3.67. The Bertz CT molecular complexity index is 1080. The van der Waals surface area contributed by atoms with Crippen LogP contribution in [0.1, 0.15) is 5.56 Å². The fraction of sp³-hybridized carbons (Fsp3) is 0.261. The monoisotopic (exact) mass is 376 g/mol. The molecule has 0 heterocycles. The summed E-state index contributed by atoms with van der Waals surface area (Å²) >= 11 is 0. The molecule has 5 nitrogen and oxygen atoms in total. The van der Waals surface area contributed by atoms with Gasteiger partial charge in [-0.15, -0.1) is 0 Å². The van der Waals surface area contributed by atoms with Crippen molar-refractivity contribution in [2.24, 2.45) is 0 Å². The lowest BCUT2D eigenvalue weighted by molar-refractivity contribution is 0.0726. The van der Waals surface area contributed by atoms with E-state index in [1.54, 1.807) is 7.11 Å². The van der Waals surface area contributed by atoms with Crippen molar-refractivity contribution in [1.29, 1.82) is 0 Å². The van der Waals surface area contributed by atoms with Crippen LogP contribution < -0.4 is 10.6 Å². The van der Waals surface area contributed by atoms with Crippen LogP contribution in [-0.4, -0.2) is 39.5 Å². The summed E-state index contributed by atoms with van der Waals surface area (Å²) in [5.74, 6) is 0. The van der Waals surface area contributed by atoms with Crippen molar-refractivity contribution in [3.63, 3.8) is 0 Å². The van der Waals surface area contributed by atoms with E-state index in [2.05, 4.69) is 65.2 Å². The molecule has 0 aliphatic heterocycles. The molecule has 0 radical (unpaired) electrons. The second kappa shape index (κ2) is 8.42. The summed E-state index contributed by atoms with van der Waals surface area (Å²) in [6.45, 7) is 2.50. The van der Waals surface area contributed by atoms with Gasteiger partial charge in [0.05, 0.1) is 19.8 Å². The lowest BCUT2D eigenvalue weighted by atomic mass is 9.92. The van der Waals surface area contributed by atoms with Crippen molar-refractivity contribution < 1.29 is 14.3 Å². The van der Waals surface area contributed by atoms with Crippen LogP contribution in [0.4, 0.5) is 4.79 Å². The van der Waals surface area contributed by atoms with E-state index in [0.717, 1.165) is 5.56 Å². The van der Waals surface area contributed by atoms with Crippen LogP contribution >= 0.6 is 0 Å². The molecule has 0 saturated heterocycles. The van der Waals surface area contributed by atoms with Gasteiger partial charge in [-0.3, -0.25) is 0 Å². The van der Waals surface area contributed by atoms with E-state index < -0.39 is 0 Å². The minimum atomic E-state index is -0.193. The van der Waals surface area contributed by atoms with Gasteiger partial charge >= 0.3 is 6.03 Å². The lowest BCUT2D eigenvalue weighted by Crippen LogP contribution is -2.37. The molecule has 0 fully saturated rings. The van der Waals surface area contributed by atoms with Crippen molar-refractivity contribution in [2.45, 2.75) is 6.54 Å². The molecule has 0 bridgehead atoms. The standard InChI is InChI=1S/C23H24N2O3/c1-27-13-14-28-12-11-24-23(26)25-15-19-8-7-18-6-5-16-3-2-4-17-9-10-20(19)22(18)21(16)17/h2-10H,11-15H2,1H3,(H2,24,25,26). The zero-order valence-electron chi connectivity index (χ0n) is 16.0. The van der Waals surface area contributed by atoms with Crippen LogP contribution in [0.25, 0.3) is 32.3 Å². The number of urea groups is 1. The van der Waals surface area contributed by atoms with E-state index in [-0.39, 0.29) is 6.03 Å². The molecule has 0 spiro atoms. The summed E-state index contributed by atoms with van der Waals surface area (Å²) in [4.78, 5) is 12.1. The number of carbonyl (C=O) groups excluding carboxylic acids is 1. The number of benzene rings is 4. The SMILES string of the molecule is COCCOCCNC(=O)NCc1ccc2ccc3cccc4ccc1c2c34. The summed E-state index contributed by atoms with van der Waals surface area (Å²) in [6, 6.07) is 19.1. The molecular weight excluding hydrogens is 352 g/mol. The van der Waals surface area contributed by atoms with Gasteiger partial charge in [0, 0.05) is 20.2 Å². The molecule has 0 atom stereocenters. The zero-order chi connectivity index (χ0) is 19.3. The minimum Gasteiger partial charge on any atom is -0.382 e. The van der Waals surface area contributed by atoms with Crippen molar-refractivity contribution in [1.82, 2.24) is 10.6 Å². The summed E-state index contributed by atoms with van der Waals surface area (Å²) in [5.41, 5.74) is 1.11. The maximum Gasteiger partial charge on any atom is 0.315 e. The van der Waals surface area contributed by atoms with Gasteiger partial charge in [-0.05, 0) is 37.9 Å². The van der Waals surface area contributed by atoms with Crippen LogP contribution in [0.2, 0.25) is 0 Å². The van der Waals surface area contributed by atoms with Crippen LogP contribution in [0.5, 0.6) is 0 Å². The maximum atomic E-state index is 12.1. The molecule has 5 heteroatoms. The highest BCUT2D eigenvalue weighted by Gasteiger charge is 2.11. The number of methoxy groups -OCH3 is 1. The molecule has 0 aliphatic carbocycles. The predicted molar refractivity (Wildman–Crippen MR) is 113 cm³/mol. The second-order valence-corrected chi connectivity index (χ2v) is 6.80. The number of ether oxygens (including phenoxy) is 2. The Hall–Kier alpha value is -2.89. The third-order valence-electron chi connectivity index (χ3n) is 5.02. The van der Waals surface area contributed by atoms with Crippen LogP contribution in [0, 0.1) is 0 Å². The third-order valence-corrected chi connectivity index (χ3v) is 5.02. The van der Waals surface area contributed by atoms with Crippen molar-refractivity contribution in [2.75, 3.05) is 33.5 Å². The quantitative estimate of drug-likeness (QED) is 0.360. The molecule has 4 rings (SSSR count). The van der Waals surface area contributed by atoms with E-state index in [9.17, 15) is 4.79 Å². The molecule has 0 unspecified atom stereocenters. The Balaban J connectivity index is 1.46. The first-order chi connectivity index (χ1) is 13.8. The highest BCUT2D eigenvalue weighted by Crippen LogP contribution is 2.35. The normalized spacial score (nSPS) is 11.5. The van der Waals surface area contributed by atoms with E-state index in [4.69, 9.17) is 9.47 Å².